The fourth-order valence-electron chi connectivity index (χ4n) is 8.98. The summed E-state index contributed by atoms with van der Waals surface area (Å²) in [6.45, 7) is 6.65. The van der Waals surface area contributed by atoms with Gasteiger partial charge in [0.1, 0.15) is 6.54 Å². The standard InChI is InChI=1S/C26H43NO5/c1-15(4-9-23(30)27-14-24(31)32)19-7-8-20-18-6-5-16-12-17(28)10-11-25(16,2)21(18)13-22(29)26(19,20)3/h15-22,28-29H,4-14H2,1-3H3,(H,27,30)(H,31,32)/t15-,16-,17-,18?,19-,20+,21?,22+,25+,26-/m1/s1. The first-order chi connectivity index (χ1) is 15.1. The molecule has 0 heterocycles. The molecule has 6 heteroatoms. The van der Waals surface area contributed by atoms with Gasteiger partial charge in [0.2, 0.25) is 5.91 Å². The third kappa shape index (κ3) is 4.00. The van der Waals surface area contributed by atoms with Gasteiger partial charge in [-0.1, -0.05) is 20.8 Å². The van der Waals surface area contributed by atoms with Gasteiger partial charge in [-0.05, 0) is 104 Å². The van der Waals surface area contributed by atoms with Gasteiger partial charge in [0.25, 0.3) is 0 Å². The maximum Gasteiger partial charge on any atom is 0.322 e. The molecule has 0 bridgehead atoms. The summed E-state index contributed by atoms with van der Waals surface area (Å²) in [7, 11) is 0. The third-order valence-electron chi connectivity index (χ3n) is 10.8. The monoisotopic (exact) mass is 449 g/mol. The molecular formula is C26H43NO5. The molecule has 0 spiro atoms. The molecule has 4 fully saturated rings. The number of aliphatic hydroxyl groups is 2. The smallest absolute Gasteiger partial charge is 0.322 e. The molecule has 4 saturated carbocycles. The minimum absolute atomic E-state index is 0.102. The van der Waals surface area contributed by atoms with E-state index in [0.29, 0.717) is 41.9 Å². The molecule has 0 aliphatic heterocycles. The summed E-state index contributed by atoms with van der Waals surface area (Å²) >= 11 is 0. The van der Waals surface area contributed by atoms with Crippen LogP contribution in [0.4, 0.5) is 0 Å². The van der Waals surface area contributed by atoms with Crippen molar-refractivity contribution in [1.29, 1.82) is 0 Å². The maximum atomic E-state index is 12.0. The van der Waals surface area contributed by atoms with Crippen LogP contribution in [0, 0.1) is 46.3 Å². The van der Waals surface area contributed by atoms with Crippen LogP contribution in [0.25, 0.3) is 0 Å². The van der Waals surface area contributed by atoms with Crippen LogP contribution < -0.4 is 5.32 Å². The van der Waals surface area contributed by atoms with Gasteiger partial charge in [-0.3, -0.25) is 9.59 Å². The Bertz CT molecular complexity index is 727. The second-order valence-electron chi connectivity index (χ2n) is 12.1. The molecule has 32 heavy (non-hydrogen) atoms. The van der Waals surface area contributed by atoms with E-state index >= 15 is 0 Å². The number of fused-ring (bicyclic) bond motifs is 5. The quantitative estimate of drug-likeness (QED) is 0.496. The minimum atomic E-state index is -1.02. The second-order valence-corrected chi connectivity index (χ2v) is 12.1. The third-order valence-corrected chi connectivity index (χ3v) is 10.8. The molecule has 0 aromatic heterocycles. The number of hydrogen-bond donors (Lipinski definition) is 4. The highest BCUT2D eigenvalue weighted by Crippen LogP contribution is 2.68. The normalized spacial score (nSPS) is 46.5. The number of rotatable bonds is 6. The number of nitrogens with one attached hydrogen (secondary N) is 1. The summed E-state index contributed by atoms with van der Waals surface area (Å²) in [5, 5.41) is 33.0. The molecule has 10 atom stereocenters. The number of carboxylic acids is 1. The predicted octanol–water partition coefficient (Wildman–Crippen LogP) is 3.59. The first-order valence-electron chi connectivity index (χ1n) is 12.9. The van der Waals surface area contributed by atoms with E-state index in [1.54, 1.807) is 0 Å². The summed E-state index contributed by atoms with van der Waals surface area (Å²) in [4.78, 5) is 22.7. The van der Waals surface area contributed by atoms with Crippen LogP contribution in [-0.4, -0.2) is 45.9 Å². The van der Waals surface area contributed by atoms with Gasteiger partial charge in [-0.2, -0.15) is 0 Å². The van der Waals surface area contributed by atoms with Crippen LogP contribution in [0.3, 0.4) is 0 Å². The molecule has 4 rings (SSSR count). The fourth-order valence-corrected chi connectivity index (χ4v) is 8.98. The Hall–Kier alpha value is -1.14. The lowest BCUT2D eigenvalue weighted by atomic mass is 9.43. The highest BCUT2D eigenvalue weighted by Gasteiger charge is 2.63. The summed E-state index contributed by atoms with van der Waals surface area (Å²) in [5.41, 5.74) is 0.145. The predicted molar refractivity (Wildman–Crippen MR) is 122 cm³/mol. The number of aliphatic carboxylic acids is 1. The Morgan fingerprint density at radius 3 is 2.50 bits per heavy atom. The van der Waals surface area contributed by atoms with Crippen molar-refractivity contribution in [1.82, 2.24) is 5.32 Å². The lowest BCUT2D eigenvalue weighted by Gasteiger charge is -2.62. The Kier molecular flexibility index (Phi) is 6.68. The Morgan fingerprint density at radius 1 is 1.03 bits per heavy atom. The average Bonchev–Trinajstić information content (AvgIpc) is 3.10. The van der Waals surface area contributed by atoms with E-state index in [-0.39, 0.29) is 35.5 Å². The van der Waals surface area contributed by atoms with Gasteiger partial charge in [0, 0.05) is 6.42 Å². The summed E-state index contributed by atoms with van der Waals surface area (Å²) in [5.74, 6) is 1.84. The van der Waals surface area contributed by atoms with E-state index in [1.165, 1.54) is 12.8 Å². The topological polar surface area (TPSA) is 107 Å². The lowest BCUT2D eigenvalue weighted by molar-refractivity contribution is -0.175. The molecule has 4 N–H and O–H groups in total. The van der Waals surface area contributed by atoms with Gasteiger partial charge >= 0.3 is 5.97 Å². The van der Waals surface area contributed by atoms with Crippen molar-refractivity contribution in [3.63, 3.8) is 0 Å². The molecule has 4 aliphatic carbocycles. The van der Waals surface area contributed by atoms with E-state index in [2.05, 4.69) is 26.1 Å². The largest absolute Gasteiger partial charge is 0.480 e. The number of hydrogen-bond acceptors (Lipinski definition) is 4. The Morgan fingerprint density at radius 2 is 1.78 bits per heavy atom. The molecule has 0 aromatic carbocycles. The summed E-state index contributed by atoms with van der Waals surface area (Å²) < 4.78 is 0. The van der Waals surface area contributed by atoms with Crippen molar-refractivity contribution in [2.45, 2.75) is 97.2 Å². The van der Waals surface area contributed by atoms with Crippen LogP contribution in [0.5, 0.6) is 0 Å². The van der Waals surface area contributed by atoms with Gasteiger partial charge < -0.3 is 20.6 Å². The number of carboxylic acid groups (broad SMARTS) is 1. The zero-order chi connectivity index (χ0) is 23.3. The molecule has 0 aromatic rings. The van der Waals surface area contributed by atoms with E-state index in [4.69, 9.17) is 5.11 Å². The van der Waals surface area contributed by atoms with Gasteiger partial charge in [0.05, 0.1) is 12.2 Å². The van der Waals surface area contributed by atoms with Crippen LogP contribution in [0.15, 0.2) is 0 Å². The SMILES string of the molecule is C[C@H](CCC(=O)NCC(=O)O)[C@H]1CC[C@H]2C3CC[C@@H]4C[C@H](O)CC[C@]4(C)C3C[C@H](O)[C@]12C. The fraction of sp³-hybridized carbons (Fsp3) is 0.923. The Labute approximate surface area is 192 Å². The minimum Gasteiger partial charge on any atom is -0.480 e. The molecule has 1 amide bonds. The molecule has 6 nitrogen and oxygen atoms in total. The molecule has 4 aliphatic rings. The van der Waals surface area contributed by atoms with Crippen LogP contribution in [-0.2, 0) is 9.59 Å². The second kappa shape index (κ2) is 8.90. The first-order valence-corrected chi connectivity index (χ1v) is 12.9. The van der Waals surface area contributed by atoms with Crippen LogP contribution >= 0.6 is 0 Å². The number of aliphatic hydroxyl groups excluding tert-OH is 2. The van der Waals surface area contributed by atoms with Gasteiger partial charge in [-0.15, -0.1) is 0 Å². The van der Waals surface area contributed by atoms with Gasteiger partial charge in [0.15, 0.2) is 0 Å². The Balaban J connectivity index is 1.45. The number of carbonyl (C=O) groups is 2. The summed E-state index contributed by atoms with van der Waals surface area (Å²) in [6.07, 6.45) is 9.12. The van der Waals surface area contributed by atoms with E-state index in [0.717, 1.165) is 44.9 Å². The number of amides is 1. The van der Waals surface area contributed by atoms with Crippen LogP contribution in [0.1, 0.15) is 85.0 Å². The molecule has 182 valence electrons. The maximum absolute atomic E-state index is 12.0. The van der Waals surface area contributed by atoms with Crippen molar-refractivity contribution in [2.24, 2.45) is 46.3 Å². The lowest BCUT2D eigenvalue weighted by Crippen LogP contribution is -2.58. The van der Waals surface area contributed by atoms with Crippen molar-refractivity contribution in [3.05, 3.63) is 0 Å². The van der Waals surface area contributed by atoms with E-state index < -0.39 is 5.97 Å². The van der Waals surface area contributed by atoms with E-state index in [9.17, 15) is 19.8 Å². The average molecular weight is 450 g/mol. The van der Waals surface area contributed by atoms with Crippen molar-refractivity contribution in [3.8, 4) is 0 Å². The highest BCUT2D eigenvalue weighted by molar-refractivity contribution is 5.81. The first kappa shape index (κ1) is 24.0. The molecule has 2 unspecified atom stereocenters. The van der Waals surface area contributed by atoms with Gasteiger partial charge in [-0.25, -0.2) is 0 Å². The van der Waals surface area contributed by atoms with Crippen LogP contribution in [0.2, 0.25) is 0 Å². The zero-order valence-electron chi connectivity index (χ0n) is 20.1. The molecular weight excluding hydrogens is 406 g/mol. The highest BCUT2D eigenvalue weighted by atomic mass is 16.4. The van der Waals surface area contributed by atoms with Crippen molar-refractivity contribution < 1.29 is 24.9 Å². The van der Waals surface area contributed by atoms with Crippen molar-refractivity contribution >= 4 is 11.9 Å². The molecule has 0 radical (unpaired) electrons. The summed E-state index contributed by atoms with van der Waals surface area (Å²) in [6, 6.07) is 0. The van der Waals surface area contributed by atoms with E-state index in [1.807, 2.05) is 0 Å². The zero-order valence-corrected chi connectivity index (χ0v) is 20.1. The number of carbonyl (C=O) groups excluding carboxylic acids is 1. The van der Waals surface area contributed by atoms with Crippen molar-refractivity contribution in [2.75, 3.05) is 6.54 Å². The molecule has 0 saturated heterocycles.